The molecule has 0 N–H and O–H groups in total. The summed E-state index contributed by atoms with van der Waals surface area (Å²) in [5, 5.41) is 0. The fourth-order valence-electron chi connectivity index (χ4n) is 2.08. The van der Waals surface area contributed by atoms with E-state index in [1.807, 2.05) is 0 Å². The quantitative estimate of drug-likeness (QED) is 0.782. The molecular weight excluding hydrogens is 266 g/mol. The van der Waals surface area contributed by atoms with Crippen LogP contribution in [0.4, 0.5) is 5.82 Å². The Morgan fingerprint density at radius 2 is 2.31 bits per heavy atom. The Morgan fingerprint density at radius 3 is 3.00 bits per heavy atom. The molecular formula is C12H18BrN3. The van der Waals surface area contributed by atoms with E-state index in [1.54, 1.807) is 6.33 Å². The number of hydrogen-bond donors (Lipinski definition) is 0. The summed E-state index contributed by atoms with van der Waals surface area (Å²) in [5.41, 5.74) is 1.12. The van der Waals surface area contributed by atoms with Gasteiger partial charge in [0.1, 0.15) is 12.1 Å². The van der Waals surface area contributed by atoms with E-state index in [4.69, 9.17) is 0 Å². The van der Waals surface area contributed by atoms with Crippen LogP contribution in [0.2, 0.25) is 0 Å². The Bertz CT molecular complexity index is 356. The number of nitrogens with zero attached hydrogens (tertiary/aromatic N) is 3. The van der Waals surface area contributed by atoms with Crippen molar-refractivity contribution >= 4 is 21.7 Å². The molecule has 16 heavy (non-hydrogen) atoms. The lowest BCUT2D eigenvalue weighted by molar-refractivity contribution is 0.463. The second-order valence-corrected chi connectivity index (χ2v) is 5.63. The van der Waals surface area contributed by atoms with Crippen LogP contribution in [-0.4, -0.2) is 27.9 Å². The molecule has 1 aliphatic heterocycles. The second-order valence-electron chi connectivity index (χ2n) is 4.45. The van der Waals surface area contributed by atoms with Crippen molar-refractivity contribution in [3.63, 3.8) is 0 Å². The summed E-state index contributed by atoms with van der Waals surface area (Å²) in [5.74, 6) is 1.76. The van der Waals surface area contributed by atoms with E-state index in [9.17, 15) is 0 Å². The van der Waals surface area contributed by atoms with E-state index in [1.165, 1.54) is 6.42 Å². The third kappa shape index (κ3) is 2.54. The number of anilines is 1. The van der Waals surface area contributed by atoms with Crippen molar-refractivity contribution in [2.45, 2.75) is 31.5 Å². The third-order valence-corrected chi connectivity index (χ3v) is 4.56. The highest BCUT2D eigenvalue weighted by molar-refractivity contribution is 9.09. The van der Waals surface area contributed by atoms with Crippen LogP contribution in [0, 0.1) is 5.92 Å². The first-order valence-electron chi connectivity index (χ1n) is 5.90. The van der Waals surface area contributed by atoms with E-state index in [-0.39, 0.29) is 0 Å². The van der Waals surface area contributed by atoms with Crippen LogP contribution >= 0.6 is 15.9 Å². The molecule has 88 valence electrons. The number of piperidine rings is 1. The van der Waals surface area contributed by atoms with Crippen molar-refractivity contribution in [1.82, 2.24) is 9.97 Å². The normalized spacial score (nSPS) is 25.8. The molecule has 0 bridgehead atoms. The average Bonchev–Trinajstić information content (AvgIpc) is 2.33. The monoisotopic (exact) mass is 283 g/mol. The maximum Gasteiger partial charge on any atom is 0.132 e. The van der Waals surface area contributed by atoms with Gasteiger partial charge in [-0.2, -0.15) is 0 Å². The summed E-state index contributed by atoms with van der Waals surface area (Å²) in [7, 11) is 0. The first-order chi connectivity index (χ1) is 7.70. The van der Waals surface area contributed by atoms with Gasteiger partial charge in [0.15, 0.2) is 0 Å². The van der Waals surface area contributed by atoms with Gasteiger partial charge in [0, 0.05) is 29.7 Å². The van der Waals surface area contributed by atoms with Crippen LogP contribution in [0.5, 0.6) is 0 Å². The fraction of sp³-hybridized carbons (Fsp3) is 0.667. The summed E-state index contributed by atoms with van der Waals surface area (Å²) < 4.78 is 0. The van der Waals surface area contributed by atoms with Gasteiger partial charge in [-0.05, 0) is 18.8 Å². The lowest BCUT2D eigenvalue weighted by Crippen LogP contribution is -2.40. The molecule has 0 aliphatic carbocycles. The predicted octanol–water partition coefficient (Wildman–Crippen LogP) is 2.65. The van der Waals surface area contributed by atoms with Gasteiger partial charge in [-0.3, -0.25) is 0 Å². The molecule has 0 amide bonds. The lowest BCUT2D eigenvalue weighted by atomic mass is 10.00. The number of aryl methyl sites for hydroxylation is 1. The van der Waals surface area contributed by atoms with E-state index in [0.29, 0.717) is 10.7 Å². The van der Waals surface area contributed by atoms with Crippen LogP contribution in [-0.2, 0) is 6.42 Å². The van der Waals surface area contributed by atoms with Crippen molar-refractivity contribution < 1.29 is 0 Å². The SMILES string of the molecule is CCc1cc(N2CCC(Br)C(C)C2)ncn1. The highest BCUT2D eigenvalue weighted by atomic mass is 79.9. The maximum atomic E-state index is 4.37. The molecule has 2 rings (SSSR count). The lowest BCUT2D eigenvalue weighted by Gasteiger charge is -2.35. The van der Waals surface area contributed by atoms with Crippen LogP contribution in [0.25, 0.3) is 0 Å². The molecule has 4 heteroatoms. The molecule has 0 spiro atoms. The maximum absolute atomic E-state index is 4.37. The minimum Gasteiger partial charge on any atom is -0.356 e. The van der Waals surface area contributed by atoms with Crippen molar-refractivity contribution in [3.05, 3.63) is 18.1 Å². The van der Waals surface area contributed by atoms with E-state index >= 15 is 0 Å². The zero-order valence-electron chi connectivity index (χ0n) is 9.86. The molecule has 3 nitrogen and oxygen atoms in total. The highest BCUT2D eigenvalue weighted by Gasteiger charge is 2.24. The molecule has 2 atom stereocenters. The predicted molar refractivity (Wildman–Crippen MR) is 70.1 cm³/mol. The smallest absolute Gasteiger partial charge is 0.132 e. The Balaban J connectivity index is 2.12. The minimum absolute atomic E-state index is 0.649. The van der Waals surface area contributed by atoms with Crippen LogP contribution < -0.4 is 4.90 Å². The van der Waals surface area contributed by atoms with E-state index in [0.717, 1.165) is 31.0 Å². The van der Waals surface area contributed by atoms with Gasteiger partial charge >= 0.3 is 0 Å². The summed E-state index contributed by atoms with van der Waals surface area (Å²) >= 11 is 3.72. The van der Waals surface area contributed by atoms with E-state index in [2.05, 4.69) is 50.7 Å². The summed E-state index contributed by atoms with van der Waals surface area (Å²) in [6.45, 7) is 6.57. The van der Waals surface area contributed by atoms with Gasteiger partial charge in [0.25, 0.3) is 0 Å². The fourth-order valence-corrected chi connectivity index (χ4v) is 2.45. The van der Waals surface area contributed by atoms with Gasteiger partial charge in [-0.15, -0.1) is 0 Å². The van der Waals surface area contributed by atoms with Crippen LogP contribution in [0.15, 0.2) is 12.4 Å². The van der Waals surface area contributed by atoms with Gasteiger partial charge in [0.2, 0.25) is 0 Å². The van der Waals surface area contributed by atoms with Gasteiger partial charge < -0.3 is 4.90 Å². The molecule has 2 unspecified atom stereocenters. The Labute approximate surface area is 105 Å². The third-order valence-electron chi connectivity index (χ3n) is 3.20. The molecule has 0 aromatic carbocycles. The standard InChI is InChI=1S/C12H18BrN3/c1-3-10-6-12(15-8-14-10)16-5-4-11(13)9(2)7-16/h6,8-9,11H,3-5,7H2,1-2H3. The zero-order valence-corrected chi connectivity index (χ0v) is 11.4. The van der Waals surface area contributed by atoms with Crippen LogP contribution in [0.1, 0.15) is 26.0 Å². The van der Waals surface area contributed by atoms with Gasteiger partial charge in [-0.1, -0.05) is 29.8 Å². The largest absolute Gasteiger partial charge is 0.356 e. The minimum atomic E-state index is 0.649. The second kappa shape index (κ2) is 5.13. The molecule has 1 aliphatic rings. The summed E-state index contributed by atoms with van der Waals surface area (Å²) in [4.78, 5) is 11.6. The van der Waals surface area contributed by atoms with Crippen molar-refractivity contribution in [2.75, 3.05) is 18.0 Å². The average molecular weight is 284 g/mol. The summed E-state index contributed by atoms with van der Waals surface area (Å²) in [6, 6.07) is 2.11. The Kier molecular flexibility index (Phi) is 3.79. The number of rotatable bonds is 2. The highest BCUT2D eigenvalue weighted by Crippen LogP contribution is 2.26. The van der Waals surface area contributed by atoms with Crippen molar-refractivity contribution in [1.29, 1.82) is 0 Å². The van der Waals surface area contributed by atoms with Crippen molar-refractivity contribution in [3.8, 4) is 0 Å². The molecule has 1 aromatic rings. The number of halogens is 1. The molecule has 0 saturated carbocycles. The molecule has 2 heterocycles. The number of hydrogen-bond acceptors (Lipinski definition) is 3. The van der Waals surface area contributed by atoms with Crippen LogP contribution in [0.3, 0.4) is 0 Å². The number of alkyl halides is 1. The van der Waals surface area contributed by atoms with Gasteiger partial charge in [-0.25, -0.2) is 9.97 Å². The van der Waals surface area contributed by atoms with Gasteiger partial charge in [0.05, 0.1) is 0 Å². The summed E-state index contributed by atoms with van der Waals surface area (Å²) in [6.07, 6.45) is 3.84. The number of aromatic nitrogens is 2. The van der Waals surface area contributed by atoms with E-state index < -0.39 is 0 Å². The zero-order chi connectivity index (χ0) is 11.5. The molecule has 0 radical (unpaired) electrons. The first kappa shape index (κ1) is 11.8. The Hall–Kier alpha value is -0.640. The molecule has 1 aromatic heterocycles. The molecule has 1 fully saturated rings. The first-order valence-corrected chi connectivity index (χ1v) is 6.82. The topological polar surface area (TPSA) is 29.0 Å². The van der Waals surface area contributed by atoms with Crippen molar-refractivity contribution in [2.24, 2.45) is 5.92 Å². The Morgan fingerprint density at radius 1 is 1.50 bits per heavy atom. The molecule has 1 saturated heterocycles.